The number of benzene rings is 3. The van der Waals surface area contributed by atoms with E-state index < -0.39 is 34.9 Å². The molecule has 44 heavy (non-hydrogen) atoms. The van der Waals surface area contributed by atoms with Crippen molar-refractivity contribution in [1.82, 2.24) is 0 Å². The quantitative estimate of drug-likeness (QED) is 0.166. The molecule has 3 aromatic rings. The van der Waals surface area contributed by atoms with Crippen molar-refractivity contribution in [2.75, 3.05) is 13.2 Å². The normalized spacial score (nSPS) is 22.2. The fourth-order valence-electron chi connectivity index (χ4n) is 6.94. The third-order valence-corrected chi connectivity index (χ3v) is 9.69. The molecule has 0 bridgehead atoms. The molecule has 0 unspecified atom stereocenters. The van der Waals surface area contributed by atoms with Crippen molar-refractivity contribution in [2.45, 2.75) is 84.0 Å². The van der Waals surface area contributed by atoms with E-state index in [4.69, 9.17) is 9.47 Å². The van der Waals surface area contributed by atoms with Gasteiger partial charge in [0.1, 0.15) is 0 Å². The van der Waals surface area contributed by atoms with E-state index in [1.165, 1.54) is 31.2 Å². The summed E-state index contributed by atoms with van der Waals surface area (Å²) >= 11 is 0. The molecule has 0 amide bonds. The van der Waals surface area contributed by atoms with Crippen LogP contribution in [0, 0.1) is 59.6 Å². The van der Waals surface area contributed by atoms with Gasteiger partial charge in [0, 0.05) is 11.1 Å². The minimum Gasteiger partial charge on any atom is -0.490 e. The zero-order valence-electron chi connectivity index (χ0n) is 25.3. The van der Waals surface area contributed by atoms with E-state index in [-0.39, 0.29) is 46.6 Å². The van der Waals surface area contributed by atoms with Gasteiger partial charge in [0.2, 0.25) is 11.6 Å². The molecule has 8 heteroatoms. The zero-order valence-corrected chi connectivity index (χ0v) is 25.3. The van der Waals surface area contributed by atoms with E-state index in [1.807, 2.05) is 6.92 Å². The van der Waals surface area contributed by atoms with Crippen LogP contribution in [0.4, 0.5) is 26.3 Å². The number of hydrogen-bond donors (Lipinski definition) is 0. The van der Waals surface area contributed by atoms with Gasteiger partial charge in [-0.15, -0.1) is 0 Å². The first-order valence-electron chi connectivity index (χ1n) is 15.9. The Balaban J connectivity index is 1.10. The van der Waals surface area contributed by atoms with Crippen LogP contribution < -0.4 is 9.47 Å². The Kier molecular flexibility index (Phi) is 10.5. The highest BCUT2D eigenvalue weighted by Gasteiger charge is 2.33. The molecule has 0 atom stereocenters. The highest BCUT2D eigenvalue weighted by molar-refractivity contribution is 5.66. The summed E-state index contributed by atoms with van der Waals surface area (Å²) in [6, 6.07) is 8.26. The highest BCUT2D eigenvalue weighted by atomic mass is 19.2. The first kappa shape index (κ1) is 32.2. The third-order valence-electron chi connectivity index (χ3n) is 9.69. The zero-order chi connectivity index (χ0) is 31.4. The number of rotatable bonds is 10. The van der Waals surface area contributed by atoms with Crippen LogP contribution in [0.15, 0.2) is 36.4 Å². The topological polar surface area (TPSA) is 18.5 Å². The van der Waals surface area contributed by atoms with Crippen molar-refractivity contribution in [3.05, 3.63) is 82.4 Å². The largest absolute Gasteiger partial charge is 0.490 e. The maximum Gasteiger partial charge on any atom is 0.201 e. The number of halogens is 6. The van der Waals surface area contributed by atoms with Gasteiger partial charge in [-0.05, 0) is 118 Å². The molecule has 0 radical (unpaired) electrons. The molecule has 2 saturated carbocycles. The average molecular weight is 619 g/mol. The molecular formula is C36H40F6O2. The summed E-state index contributed by atoms with van der Waals surface area (Å²) in [6.45, 7) is 4.02. The van der Waals surface area contributed by atoms with E-state index in [1.54, 1.807) is 12.1 Å². The van der Waals surface area contributed by atoms with Crippen molar-refractivity contribution in [2.24, 2.45) is 17.8 Å². The summed E-state index contributed by atoms with van der Waals surface area (Å²) < 4.78 is 98.6. The van der Waals surface area contributed by atoms with Crippen molar-refractivity contribution in [3.63, 3.8) is 0 Å². The Morgan fingerprint density at radius 2 is 1.14 bits per heavy atom. The van der Waals surface area contributed by atoms with Gasteiger partial charge in [0.15, 0.2) is 34.8 Å². The summed E-state index contributed by atoms with van der Waals surface area (Å²) in [5.41, 5.74) is -0.178. The molecule has 2 aliphatic carbocycles. The van der Waals surface area contributed by atoms with Gasteiger partial charge in [-0.2, -0.15) is 8.78 Å². The lowest BCUT2D eigenvalue weighted by Crippen LogP contribution is -2.27. The first-order valence-corrected chi connectivity index (χ1v) is 15.9. The van der Waals surface area contributed by atoms with E-state index in [9.17, 15) is 26.3 Å². The molecule has 0 N–H and O–H groups in total. The van der Waals surface area contributed by atoms with Gasteiger partial charge in [0.05, 0.1) is 13.2 Å². The van der Waals surface area contributed by atoms with Crippen LogP contribution in [0.2, 0.25) is 0 Å². The number of ether oxygens (including phenoxy) is 2. The summed E-state index contributed by atoms with van der Waals surface area (Å²) in [7, 11) is 0. The van der Waals surface area contributed by atoms with Crippen molar-refractivity contribution in [1.29, 1.82) is 0 Å². The lowest BCUT2D eigenvalue weighted by atomic mass is 9.68. The van der Waals surface area contributed by atoms with Gasteiger partial charge in [-0.1, -0.05) is 31.5 Å². The van der Waals surface area contributed by atoms with E-state index in [0.29, 0.717) is 24.0 Å². The van der Waals surface area contributed by atoms with Crippen LogP contribution in [0.3, 0.4) is 0 Å². The third kappa shape index (κ3) is 6.89. The second-order valence-corrected chi connectivity index (χ2v) is 12.5. The molecule has 2 aliphatic rings. The maximum absolute atomic E-state index is 14.9. The Labute approximate surface area is 255 Å². The highest BCUT2D eigenvalue weighted by Crippen LogP contribution is 2.45. The molecule has 2 fully saturated rings. The van der Waals surface area contributed by atoms with Gasteiger partial charge in [0.25, 0.3) is 0 Å². The lowest BCUT2D eigenvalue weighted by molar-refractivity contribution is 0.129. The average Bonchev–Trinajstić information content (AvgIpc) is 3.04. The second-order valence-electron chi connectivity index (χ2n) is 12.5. The molecule has 0 aromatic heterocycles. The van der Waals surface area contributed by atoms with Crippen molar-refractivity contribution < 1.29 is 35.8 Å². The fraction of sp³-hybridized carbons (Fsp3) is 0.500. The van der Waals surface area contributed by atoms with Crippen molar-refractivity contribution in [3.8, 4) is 22.6 Å². The first-order chi connectivity index (χ1) is 21.2. The standard InChI is InChI=1S/C36H40F6O2/c1-3-4-19-43-29-17-15-26(32(38)35(29)41)25-12-10-24(11-13-25)23-8-6-22(7-9-23)20-44-30-18-16-28(34(40)36(30)42)27-14-5-21(2)31(37)33(27)39/h5,14-18,22-25H,3-4,6-13,19-20H2,1-2H3. The molecule has 0 aliphatic heterocycles. The van der Waals surface area contributed by atoms with E-state index in [2.05, 4.69) is 0 Å². The van der Waals surface area contributed by atoms with Crippen LogP contribution in [0.5, 0.6) is 11.5 Å². The van der Waals surface area contributed by atoms with Gasteiger partial charge < -0.3 is 9.47 Å². The maximum atomic E-state index is 14.9. The number of aryl methyl sites for hydroxylation is 1. The van der Waals surface area contributed by atoms with Crippen LogP contribution in [0.25, 0.3) is 11.1 Å². The molecule has 2 nitrogen and oxygen atoms in total. The van der Waals surface area contributed by atoms with Gasteiger partial charge in [-0.3, -0.25) is 0 Å². The Morgan fingerprint density at radius 3 is 1.80 bits per heavy atom. The van der Waals surface area contributed by atoms with Crippen LogP contribution in [-0.4, -0.2) is 13.2 Å². The van der Waals surface area contributed by atoms with Gasteiger partial charge in [-0.25, -0.2) is 17.6 Å². The lowest BCUT2D eigenvalue weighted by Gasteiger charge is -2.38. The molecular weight excluding hydrogens is 578 g/mol. The fourth-order valence-corrected chi connectivity index (χ4v) is 6.94. The van der Waals surface area contributed by atoms with E-state index in [0.717, 1.165) is 64.2 Å². The number of hydrogen-bond acceptors (Lipinski definition) is 2. The minimum atomic E-state index is -1.28. The van der Waals surface area contributed by atoms with E-state index >= 15 is 0 Å². The molecule has 0 saturated heterocycles. The van der Waals surface area contributed by atoms with Crippen molar-refractivity contribution >= 4 is 0 Å². The second kappa shape index (κ2) is 14.3. The smallest absolute Gasteiger partial charge is 0.201 e. The Hall–Kier alpha value is -3.16. The summed E-state index contributed by atoms with van der Waals surface area (Å²) in [5, 5.41) is 0. The Morgan fingerprint density at radius 1 is 0.591 bits per heavy atom. The molecule has 238 valence electrons. The predicted molar refractivity (Wildman–Crippen MR) is 159 cm³/mol. The summed E-state index contributed by atoms with van der Waals surface area (Å²) in [4.78, 5) is 0. The molecule has 0 heterocycles. The Bertz CT molecular complexity index is 1440. The predicted octanol–water partition coefficient (Wildman–Crippen LogP) is 10.8. The molecule has 5 rings (SSSR count). The minimum absolute atomic E-state index is 0.00150. The molecule has 0 spiro atoms. The summed E-state index contributed by atoms with van der Waals surface area (Å²) in [5.74, 6) is -5.48. The monoisotopic (exact) mass is 618 g/mol. The van der Waals surface area contributed by atoms with Crippen LogP contribution in [-0.2, 0) is 0 Å². The van der Waals surface area contributed by atoms with Crippen LogP contribution in [0.1, 0.15) is 88.2 Å². The van der Waals surface area contributed by atoms with Gasteiger partial charge >= 0.3 is 0 Å². The van der Waals surface area contributed by atoms with Crippen LogP contribution >= 0.6 is 0 Å². The number of unbranched alkanes of at least 4 members (excludes halogenated alkanes) is 1. The SMILES string of the molecule is CCCCOc1ccc(C2CCC(C3CCC(COc4ccc(-c5ccc(C)c(F)c5F)c(F)c4F)CC3)CC2)c(F)c1F. The summed E-state index contributed by atoms with van der Waals surface area (Å²) in [6.07, 6.45) is 9.09. The molecule has 3 aromatic carbocycles.